The highest BCUT2D eigenvalue weighted by atomic mass is 16.2. The zero-order valence-corrected chi connectivity index (χ0v) is 14.5. The lowest BCUT2D eigenvalue weighted by atomic mass is 10.2. The second-order valence-corrected chi connectivity index (χ2v) is 6.02. The number of carbonyl (C=O) groups is 1. The highest BCUT2D eigenvalue weighted by Gasteiger charge is 2.13. The van der Waals surface area contributed by atoms with Gasteiger partial charge in [-0.2, -0.15) is 0 Å². The molecule has 0 atom stereocenters. The molecule has 0 aliphatic rings. The monoisotopic (exact) mass is 334 g/mol. The first-order valence-electron chi connectivity index (χ1n) is 8.56. The number of para-hydroxylation sites is 1. The zero-order valence-electron chi connectivity index (χ0n) is 14.5. The van der Waals surface area contributed by atoms with E-state index in [9.17, 15) is 4.79 Å². The molecular formula is C20H22N4O. The van der Waals surface area contributed by atoms with Gasteiger partial charge in [-0.3, -0.25) is 4.79 Å². The highest BCUT2D eigenvalue weighted by Crippen LogP contribution is 2.24. The van der Waals surface area contributed by atoms with Gasteiger partial charge in [-0.15, -0.1) is 0 Å². The lowest BCUT2D eigenvalue weighted by molar-refractivity contribution is 0.0943. The molecule has 0 fully saturated rings. The Balaban J connectivity index is 1.96. The fraction of sp³-hybridized carbons (Fsp3) is 0.250. The number of rotatable bonds is 6. The number of aryl methyl sites for hydroxylation is 1. The van der Waals surface area contributed by atoms with Gasteiger partial charge in [0.15, 0.2) is 0 Å². The molecule has 2 N–H and O–H groups in total. The largest absolute Gasteiger partial charge is 0.349 e. The van der Waals surface area contributed by atoms with Gasteiger partial charge < -0.3 is 10.6 Å². The minimum Gasteiger partial charge on any atom is -0.349 e. The van der Waals surface area contributed by atoms with Gasteiger partial charge in [0.25, 0.3) is 5.91 Å². The quantitative estimate of drug-likeness (QED) is 0.663. The van der Waals surface area contributed by atoms with Gasteiger partial charge >= 0.3 is 0 Å². The van der Waals surface area contributed by atoms with Crippen molar-refractivity contribution in [3.63, 3.8) is 0 Å². The van der Waals surface area contributed by atoms with Gasteiger partial charge in [-0.25, -0.2) is 9.97 Å². The van der Waals surface area contributed by atoms with Crippen molar-refractivity contribution in [2.24, 2.45) is 0 Å². The Hall–Kier alpha value is -2.95. The van der Waals surface area contributed by atoms with Gasteiger partial charge in [-0.05, 0) is 43.2 Å². The molecular weight excluding hydrogens is 312 g/mol. The van der Waals surface area contributed by atoms with Crippen molar-refractivity contribution in [1.82, 2.24) is 15.3 Å². The number of unbranched alkanes of at least 4 members (excludes halogenated alkanes) is 1. The summed E-state index contributed by atoms with van der Waals surface area (Å²) >= 11 is 0. The predicted octanol–water partition coefficient (Wildman–Crippen LogP) is 4.21. The maximum absolute atomic E-state index is 12.4. The van der Waals surface area contributed by atoms with Crippen LogP contribution in [0.5, 0.6) is 0 Å². The first-order chi connectivity index (χ1) is 12.2. The lowest BCUT2D eigenvalue weighted by Crippen LogP contribution is -2.26. The summed E-state index contributed by atoms with van der Waals surface area (Å²) in [7, 11) is 0. The van der Waals surface area contributed by atoms with Crippen molar-refractivity contribution in [2.75, 3.05) is 11.9 Å². The molecule has 0 bridgehead atoms. The van der Waals surface area contributed by atoms with Gasteiger partial charge in [-0.1, -0.05) is 37.6 Å². The smallest absolute Gasteiger partial charge is 0.289 e. The number of nitrogens with zero attached hydrogens (tertiary/aromatic N) is 2. The van der Waals surface area contributed by atoms with E-state index in [1.807, 2.05) is 55.5 Å². The van der Waals surface area contributed by atoms with Crippen molar-refractivity contribution in [2.45, 2.75) is 26.7 Å². The molecule has 0 radical (unpaired) electrons. The highest BCUT2D eigenvalue weighted by molar-refractivity contribution is 5.97. The van der Waals surface area contributed by atoms with Crippen LogP contribution in [-0.2, 0) is 0 Å². The molecule has 128 valence electrons. The van der Waals surface area contributed by atoms with Crippen molar-refractivity contribution in [3.05, 3.63) is 59.9 Å². The summed E-state index contributed by atoms with van der Waals surface area (Å²) in [5, 5.41) is 7.08. The minimum absolute atomic E-state index is 0.185. The van der Waals surface area contributed by atoms with Crippen LogP contribution in [0.15, 0.2) is 48.5 Å². The fourth-order valence-corrected chi connectivity index (χ4v) is 2.59. The molecule has 1 aromatic heterocycles. The average molecular weight is 334 g/mol. The zero-order chi connectivity index (χ0) is 17.6. The Morgan fingerprint density at radius 3 is 2.72 bits per heavy atom. The Kier molecular flexibility index (Phi) is 5.23. The maximum atomic E-state index is 12.4. The van der Waals surface area contributed by atoms with Crippen molar-refractivity contribution in [3.8, 4) is 0 Å². The van der Waals surface area contributed by atoms with E-state index in [0.717, 1.165) is 35.0 Å². The second-order valence-electron chi connectivity index (χ2n) is 6.02. The van der Waals surface area contributed by atoms with Crippen LogP contribution in [0.4, 0.5) is 11.5 Å². The number of fused-ring (bicyclic) bond motifs is 1. The molecule has 0 unspecified atom stereocenters. The molecule has 0 saturated heterocycles. The van der Waals surface area contributed by atoms with E-state index >= 15 is 0 Å². The minimum atomic E-state index is -0.244. The van der Waals surface area contributed by atoms with Crippen LogP contribution in [0.1, 0.15) is 35.9 Å². The third kappa shape index (κ3) is 4.12. The summed E-state index contributed by atoms with van der Waals surface area (Å²) in [5.74, 6) is 0.577. The number of anilines is 2. The Morgan fingerprint density at radius 2 is 1.92 bits per heavy atom. The van der Waals surface area contributed by atoms with Crippen molar-refractivity contribution < 1.29 is 4.79 Å². The molecule has 0 aliphatic carbocycles. The Bertz CT molecular complexity index is 892. The van der Waals surface area contributed by atoms with Crippen LogP contribution in [0, 0.1) is 6.92 Å². The van der Waals surface area contributed by atoms with Crippen LogP contribution >= 0.6 is 0 Å². The molecule has 5 nitrogen and oxygen atoms in total. The topological polar surface area (TPSA) is 66.9 Å². The standard InChI is InChI=1S/C20H22N4O/c1-3-4-12-21-20(25)19-23-17-11-6-5-10-16(17)18(24-19)22-15-9-7-8-14(2)13-15/h5-11,13H,3-4,12H2,1-2H3,(H,21,25)(H,22,23,24). The predicted molar refractivity (Wildman–Crippen MR) is 101 cm³/mol. The van der Waals surface area contributed by atoms with E-state index in [-0.39, 0.29) is 11.7 Å². The molecule has 25 heavy (non-hydrogen) atoms. The van der Waals surface area contributed by atoms with E-state index in [1.165, 1.54) is 0 Å². The van der Waals surface area contributed by atoms with E-state index in [0.29, 0.717) is 12.4 Å². The number of carbonyl (C=O) groups excluding carboxylic acids is 1. The Morgan fingerprint density at radius 1 is 1.08 bits per heavy atom. The van der Waals surface area contributed by atoms with Crippen LogP contribution in [0.25, 0.3) is 10.9 Å². The summed E-state index contributed by atoms with van der Waals surface area (Å²) in [6, 6.07) is 15.7. The van der Waals surface area contributed by atoms with E-state index < -0.39 is 0 Å². The molecule has 0 saturated carbocycles. The van der Waals surface area contributed by atoms with Gasteiger partial charge in [0, 0.05) is 17.6 Å². The van der Waals surface area contributed by atoms with E-state index in [4.69, 9.17) is 0 Å². The first kappa shape index (κ1) is 16.9. The molecule has 3 aromatic rings. The van der Waals surface area contributed by atoms with Crippen LogP contribution in [-0.4, -0.2) is 22.4 Å². The first-order valence-corrected chi connectivity index (χ1v) is 8.56. The number of aromatic nitrogens is 2. The van der Waals surface area contributed by atoms with Crippen LogP contribution < -0.4 is 10.6 Å². The molecule has 2 aromatic carbocycles. The number of hydrogen-bond donors (Lipinski definition) is 2. The van der Waals surface area contributed by atoms with Gasteiger partial charge in [0.2, 0.25) is 5.82 Å². The van der Waals surface area contributed by atoms with E-state index in [2.05, 4.69) is 27.5 Å². The summed E-state index contributed by atoms with van der Waals surface area (Å²) in [5.41, 5.74) is 2.83. The molecule has 1 amide bonds. The SMILES string of the molecule is CCCCNC(=O)c1nc(Nc2cccc(C)c2)c2ccccc2n1. The lowest BCUT2D eigenvalue weighted by Gasteiger charge is -2.11. The number of hydrogen-bond acceptors (Lipinski definition) is 4. The summed E-state index contributed by atoms with van der Waals surface area (Å²) in [6.07, 6.45) is 1.97. The summed E-state index contributed by atoms with van der Waals surface area (Å²) in [4.78, 5) is 21.2. The Labute approximate surface area is 147 Å². The molecule has 0 spiro atoms. The molecule has 1 heterocycles. The number of benzene rings is 2. The molecule has 0 aliphatic heterocycles. The van der Waals surface area contributed by atoms with Gasteiger partial charge in [0.1, 0.15) is 5.82 Å². The van der Waals surface area contributed by atoms with Gasteiger partial charge in [0.05, 0.1) is 5.52 Å². The van der Waals surface area contributed by atoms with E-state index in [1.54, 1.807) is 0 Å². The molecule has 5 heteroatoms. The van der Waals surface area contributed by atoms with Crippen LogP contribution in [0.3, 0.4) is 0 Å². The molecule has 3 rings (SSSR count). The number of nitrogens with one attached hydrogen (secondary N) is 2. The number of amides is 1. The second kappa shape index (κ2) is 7.75. The van der Waals surface area contributed by atoms with Crippen LogP contribution in [0.2, 0.25) is 0 Å². The normalized spacial score (nSPS) is 10.6. The third-order valence-corrected chi connectivity index (χ3v) is 3.90. The van der Waals surface area contributed by atoms with Crippen molar-refractivity contribution >= 4 is 28.3 Å². The summed E-state index contributed by atoms with van der Waals surface area (Å²) in [6.45, 7) is 4.75. The average Bonchev–Trinajstić information content (AvgIpc) is 2.62. The maximum Gasteiger partial charge on any atom is 0.289 e. The third-order valence-electron chi connectivity index (χ3n) is 3.90. The van der Waals surface area contributed by atoms with Crippen molar-refractivity contribution in [1.29, 1.82) is 0 Å². The summed E-state index contributed by atoms with van der Waals surface area (Å²) < 4.78 is 0. The fourth-order valence-electron chi connectivity index (χ4n) is 2.59.